The largest absolute Gasteiger partial charge is 0.399 e. The van der Waals surface area contributed by atoms with Crippen LogP contribution in [-0.4, -0.2) is 20.2 Å². The van der Waals surface area contributed by atoms with Crippen LogP contribution >= 0.6 is 11.6 Å². The third-order valence-electron chi connectivity index (χ3n) is 3.52. The van der Waals surface area contributed by atoms with Crippen molar-refractivity contribution < 1.29 is 0 Å². The summed E-state index contributed by atoms with van der Waals surface area (Å²) in [7, 11) is 0. The molecule has 0 saturated carbocycles. The first-order chi connectivity index (χ1) is 9.02. The number of halogens is 1. The number of anilines is 1. The summed E-state index contributed by atoms with van der Waals surface area (Å²) >= 11 is 6.03. The summed E-state index contributed by atoms with van der Waals surface area (Å²) in [5, 5.41) is 12.5. The van der Waals surface area contributed by atoms with Crippen LogP contribution < -0.4 is 5.73 Å². The van der Waals surface area contributed by atoms with Crippen molar-refractivity contribution in [1.29, 1.82) is 0 Å². The quantitative estimate of drug-likeness (QED) is 0.873. The van der Waals surface area contributed by atoms with Gasteiger partial charge < -0.3 is 5.73 Å². The fraction of sp³-hybridized carbons (Fsp3) is 0.462. The summed E-state index contributed by atoms with van der Waals surface area (Å²) in [6, 6.07) is 5.58. The molecule has 2 N–H and O–H groups in total. The van der Waals surface area contributed by atoms with Gasteiger partial charge in [0, 0.05) is 16.3 Å². The average molecular weight is 280 g/mol. The Morgan fingerprint density at radius 1 is 1.32 bits per heavy atom. The molecular formula is C13H18ClN5. The van der Waals surface area contributed by atoms with Crippen LogP contribution in [0.3, 0.4) is 0 Å². The molecule has 0 radical (unpaired) electrons. The molecule has 0 aliphatic heterocycles. The van der Waals surface area contributed by atoms with Gasteiger partial charge in [0.15, 0.2) is 5.82 Å². The Labute approximate surface area is 117 Å². The minimum atomic E-state index is 0.218. The van der Waals surface area contributed by atoms with Crippen molar-refractivity contribution in [2.24, 2.45) is 5.92 Å². The molecule has 1 aromatic carbocycles. The topological polar surface area (TPSA) is 69.6 Å². The van der Waals surface area contributed by atoms with Crippen LogP contribution in [0.2, 0.25) is 5.02 Å². The summed E-state index contributed by atoms with van der Waals surface area (Å²) in [5.74, 6) is 1.18. The Kier molecular flexibility index (Phi) is 4.04. The van der Waals surface area contributed by atoms with E-state index in [-0.39, 0.29) is 6.04 Å². The number of benzene rings is 1. The van der Waals surface area contributed by atoms with Gasteiger partial charge in [-0.05, 0) is 41.5 Å². The Bertz CT molecular complexity index is 546. The van der Waals surface area contributed by atoms with Crippen molar-refractivity contribution >= 4 is 17.3 Å². The van der Waals surface area contributed by atoms with E-state index in [1.807, 2.05) is 16.8 Å². The van der Waals surface area contributed by atoms with Gasteiger partial charge in [0.1, 0.15) is 0 Å². The molecule has 2 aromatic rings. The van der Waals surface area contributed by atoms with Crippen molar-refractivity contribution in [3.63, 3.8) is 0 Å². The molecule has 0 aliphatic rings. The number of hydrogen-bond acceptors (Lipinski definition) is 4. The first kappa shape index (κ1) is 13.8. The summed E-state index contributed by atoms with van der Waals surface area (Å²) in [6.45, 7) is 6.45. The third kappa shape index (κ3) is 2.87. The molecule has 0 amide bonds. The molecule has 0 aliphatic carbocycles. The SMILES string of the molecule is CCC(C)C(C)n1nnnc1-c1cc(N)cc(Cl)c1. The smallest absolute Gasteiger partial charge is 0.182 e. The number of nitrogens with zero attached hydrogens (tertiary/aromatic N) is 4. The third-order valence-corrected chi connectivity index (χ3v) is 3.74. The van der Waals surface area contributed by atoms with Crippen molar-refractivity contribution in [3.05, 3.63) is 23.2 Å². The molecule has 2 unspecified atom stereocenters. The van der Waals surface area contributed by atoms with Gasteiger partial charge >= 0.3 is 0 Å². The monoisotopic (exact) mass is 279 g/mol. The lowest BCUT2D eigenvalue weighted by atomic mass is 10.0. The highest BCUT2D eigenvalue weighted by Gasteiger charge is 2.19. The molecule has 5 nitrogen and oxygen atoms in total. The molecule has 0 fully saturated rings. The minimum Gasteiger partial charge on any atom is -0.399 e. The van der Waals surface area contributed by atoms with Crippen molar-refractivity contribution in [1.82, 2.24) is 20.2 Å². The van der Waals surface area contributed by atoms with Gasteiger partial charge in [-0.15, -0.1) is 5.10 Å². The maximum Gasteiger partial charge on any atom is 0.182 e. The van der Waals surface area contributed by atoms with Crippen molar-refractivity contribution in [2.75, 3.05) is 5.73 Å². The molecule has 19 heavy (non-hydrogen) atoms. The second-order valence-electron chi connectivity index (χ2n) is 4.85. The zero-order valence-electron chi connectivity index (χ0n) is 11.3. The Hall–Kier alpha value is -1.62. The Morgan fingerprint density at radius 3 is 2.68 bits per heavy atom. The first-order valence-electron chi connectivity index (χ1n) is 6.37. The van der Waals surface area contributed by atoms with Gasteiger partial charge in [-0.1, -0.05) is 31.9 Å². The van der Waals surface area contributed by atoms with E-state index in [0.29, 0.717) is 22.5 Å². The molecule has 0 saturated heterocycles. The lowest BCUT2D eigenvalue weighted by Gasteiger charge is -2.19. The predicted octanol–water partition coefficient (Wildman–Crippen LogP) is 3.18. The maximum absolute atomic E-state index is 6.03. The van der Waals surface area contributed by atoms with Gasteiger partial charge in [-0.2, -0.15) is 0 Å². The lowest BCUT2D eigenvalue weighted by molar-refractivity contribution is 0.340. The van der Waals surface area contributed by atoms with E-state index in [9.17, 15) is 0 Å². The maximum atomic E-state index is 6.03. The molecular weight excluding hydrogens is 262 g/mol. The summed E-state index contributed by atoms with van der Waals surface area (Å²) in [6.07, 6.45) is 1.07. The van der Waals surface area contributed by atoms with Crippen LogP contribution in [-0.2, 0) is 0 Å². The van der Waals surface area contributed by atoms with E-state index in [2.05, 4.69) is 36.3 Å². The molecule has 102 valence electrons. The number of nitrogen functional groups attached to an aromatic ring is 1. The summed E-state index contributed by atoms with van der Waals surface area (Å²) < 4.78 is 1.83. The highest BCUT2D eigenvalue weighted by Crippen LogP contribution is 2.28. The van der Waals surface area contributed by atoms with Crippen molar-refractivity contribution in [3.8, 4) is 11.4 Å². The number of aromatic nitrogens is 4. The fourth-order valence-electron chi connectivity index (χ4n) is 1.98. The number of tetrazole rings is 1. The van der Waals surface area contributed by atoms with E-state index in [1.165, 1.54) is 0 Å². The van der Waals surface area contributed by atoms with E-state index in [0.717, 1.165) is 12.0 Å². The van der Waals surface area contributed by atoms with Crippen LogP contribution in [0.5, 0.6) is 0 Å². The van der Waals surface area contributed by atoms with Gasteiger partial charge in [-0.3, -0.25) is 0 Å². The number of nitrogens with two attached hydrogens (primary N) is 1. The zero-order chi connectivity index (χ0) is 14.0. The minimum absolute atomic E-state index is 0.218. The second kappa shape index (κ2) is 5.57. The van der Waals surface area contributed by atoms with Crippen LogP contribution in [0.15, 0.2) is 18.2 Å². The highest BCUT2D eigenvalue weighted by atomic mass is 35.5. The van der Waals surface area contributed by atoms with E-state index < -0.39 is 0 Å². The van der Waals surface area contributed by atoms with Gasteiger partial charge in [0.25, 0.3) is 0 Å². The molecule has 0 bridgehead atoms. The van der Waals surface area contributed by atoms with Crippen LogP contribution in [0.4, 0.5) is 5.69 Å². The summed E-state index contributed by atoms with van der Waals surface area (Å²) in [4.78, 5) is 0. The first-order valence-corrected chi connectivity index (χ1v) is 6.75. The Balaban J connectivity index is 2.44. The van der Waals surface area contributed by atoms with Crippen LogP contribution in [0.1, 0.15) is 33.2 Å². The zero-order valence-corrected chi connectivity index (χ0v) is 12.1. The Morgan fingerprint density at radius 2 is 2.05 bits per heavy atom. The second-order valence-corrected chi connectivity index (χ2v) is 5.28. The predicted molar refractivity (Wildman–Crippen MR) is 76.8 cm³/mol. The molecule has 6 heteroatoms. The van der Waals surface area contributed by atoms with Crippen LogP contribution in [0, 0.1) is 5.92 Å². The van der Waals surface area contributed by atoms with E-state index >= 15 is 0 Å². The molecule has 2 atom stereocenters. The number of rotatable bonds is 4. The number of hydrogen-bond donors (Lipinski definition) is 1. The molecule has 1 heterocycles. The summed E-state index contributed by atoms with van der Waals surface area (Å²) in [5.41, 5.74) is 7.26. The van der Waals surface area contributed by atoms with Crippen LogP contribution in [0.25, 0.3) is 11.4 Å². The van der Waals surface area contributed by atoms with E-state index in [4.69, 9.17) is 17.3 Å². The normalized spacial score (nSPS) is 14.3. The average Bonchev–Trinajstić information content (AvgIpc) is 2.84. The van der Waals surface area contributed by atoms with E-state index in [1.54, 1.807) is 6.07 Å². The molecule has 0 spiro atoms. The van der Waals surface area contributed by atoms with Gasteiger partial charge in [0.05, 0.1) is 6.04 Å². The lowest BCUT2D eigenvalue weighted by Crippen LogP contribution is -2.16. The highest BCUT2D eigenvalue weighted by molar-refractivity contribution is 6.31. The fourth-order valence-corrected chi connectivity index (χ4v) is 2.23. The van der Waals surface area contributed by atoms with Gasteiger partial charge in [0.2, 0.25) is 0 Å². The van der Waals surface area contributed by atoms with Gasteiger partial charge in [-0.25, -0.2) is 4.68 Å². The standard InChI is InChI=1S/C13H18ClN5/c1-4-8(2)9(3)19-13(16-17-18-19)10-5-11(14)7-12(15)6-10/h5-9H,4,15H2,1-3H3. The van der Waals surface area contributed by atoms with Crippen molar-refractivity contribution in [2.45, 2.75) is 33.2 Å². The molecule has 2 rings (SSSR count). The molecule has 1 aromatic heterocycles.